The lowest BCUT2D eigenvalue weighted by atomic mass is 9.84. The number of methoxy groups -OCH3 is 1. The molecule has 8 nitrogen and oxygen atoms in total. The van der Waals surface area contributed by atoms with Crippen molar-refractivity contribution in [3.8, 4) is 16.9 Å². The van der Waals surface area contributed by atoms with Gasteiger partial charge in [0, 0.05) is 17.7 Å². The van der Waals surface area contributed by atoms with Gasteiger partial charge in [-0.05, 0) is 36.1 Å². The molecule has 1 fully saturated rings. The number of aromatic nitrogens is 3. The summed E-state index contributed by atoms with van der Waals surface area (Å²) in [5.74, 6) is -0.711. The van der Waals surface area contributed by atoms with E-state index in [1.807, 2.05) is 60.8 Å². The summed E-state index contributed by atoms with van der Waals surface area (Å²) in [6.07, 6.45) is 9.03. The van der Waals surface area contributed by atoms with Crippen molar-refractivity contribution >= 4 is 23.2 Å². The van der Waals surface area contributed by atoms with Crippen molar-refractivity contribution in [1.29, 1.82) is 0 Å². The number of nitrogens with zero attached hydrogens (tertiary/aromatic N) is 3. The summed E-state index contributed by atoms with van der Waals surface area (Å²) < 4.78 is 12.3. The number of ether oxygens (including phenoxy) is 2. The van der Waals surface area contributed by atoms with Gasteiger partial charge in [0.1, 0.15) is 18.0 Å². The molecule has 2 aromatic carbocycles. The molecule has 1 N–H and O–H groups in total. The van der Waals surface area contributed by atoms with Gasteiger partial charge in [0.25, 0.3) is 0 Å². The van der Waals surface area contributed by atoms with Crippen LogP contribution in [0, 0.1) is 0 Å². The van der Waals surface area contributed by atoms with Crippen molar-refractivity contribution < 1.29 is 19.1 Å². The molecule has 0 atom stereocenters. The average molecular weight is 485 g/mol. The molecule has 1 saturated carbocycles. The lowest BCUT2D eigenvalue weighted by Gasteiger charge is -2.25. The molecule has 184 valence electrons. The summed E-state index contributed by atoms with van der Waals surface area (Å²) in [5, 5.41) is 7.13. The van der Waals surface area contributed by atoms with E-state index in [1.165, 1.54) is 19.7 Å². The highest BCUT2D eigenvalue weighted by molar-refractivity contribution is 6.37. The Balaban J connectivity index is 1.47. The number of carbonyl (C=O) groups excluding carboxylic acids is 2. The van der Waals surface area contributed by atoms with Crippen LogP contribution in [0.5, 0.6) is 5.75 Å². The van der Waals surface area contributed by atoms with Gasteiger partial charge in [-0.2, -0.15) is 5.10 Å². The van der Waals surface area contributed by atoms with Crippen LogP contribution in [0.3, 0.4) is 0 Å². The lowest BCUT2D eigenvalue weighted by molar-refractivity contribution is -0.150. The van der Waals surface area contributed by atoms with E-state index in [4.69, 9.17) is 4.74 Å². The molecule has 1 amide bonds. The second-order valence-electron chi connectivity index (χ2n) is 8.93. The van der Waals surface area contributed by atoms with Gasteiger partial charge < -0.3 is 14.8 Å². The highest BCUT2D eigenvalue weighted by Crippen LogP contribution is 2.39. The molecule has 2 aromatic heterocycles. The van der Waals surface area contributed by atoms with Crippen molar-refractivity contribution in [2.24, 2.45) is 0 Å². The number of hydrogen-bond acceptors (Lipinski definition) is 6. The molecule has 0 aliphatic heterocycles. The third-order valence-electron chi connectivity index (χ3n) is 6.59. The standard InChI is InChI=1S/C28H28N4O4/c1-35-28(34)27(33)31-24-17-30-32-25(21-10-6-3-7-11-21)23(16-29-26(24)32)20-12-14-22(15-13-20)36-18-19-8-4-2-5-9-19/h2,4-5,8-9,12-17,21H,3,6-7,10-11,18H2,1H3,(H,31,33). The van der Waals surface area contributed by atoms with Crippen LogP contribution >= 0.6 is 0 Å². The van der Waals surface area contributed by atoms with E-state index in [0.29, 0.717) is 23.9 Å². The van der Waals surface area contributed by atoms with E-state index in [2.05, 4.69) is 20.1 Å². The van der Waals surface area contributed by atoms with E-state index in [1.54, 1.807) is 4.52 Å². The zero-order valence-corrected chi connectivity index (χ0v) is 20.1. The van der Waals surface area contributed by atoms with Crippen LogP contribution in [0.4, 0.5) is 5.69 Å². The van der Waals surface area contributed by atoms with E-state index in [9.17, 15) is 9.59 Å². The highest BCUT2D eigenvalue weighted by Gasteiger charge is 2.25. The SMILES string of the molecule is COC(=O)C(=O)Nc1cnn2c(C3CCCCC3)c(-c3ccc(OCc4ccccc4)cc3)cnc12. The predicted molar refractivity (Wildman–Crippen MR) is 136 cm³/mol. The number of rotatable bonds is 6. The van der Waals surface area contributed by atoms with Crippen molar-refractivity contribution in [2.45, 2.75) is 44.6 Å². The largest absolute Gasteiger partial charge is 0.489 e. The van der Waals surface area contributed by atoms with Crippen molar-refractivity contribution in [3.05, 3.63) is 78.2 Å². The van der Waals surface area contributed by atoms with Crippen molar-refractivity contribution in [3.63, 3.8) is 0 Å². The quantitative estimate of drug-likeness (QED) is 0.301. The third-order valence-corrected chi connectivity index (χ3v) is 6.59. The fourth-order valence-corrected chi connectivity index (χ4v) is 4.77. The van der Waals surface area contributed by atoms with Crippen LogP contribution in [0.15, 0.2) is 67.0 Å². The van der Waals surface area contributed by atoms with Gasteiger partial charge in [0.15, 0.2) is 5.65 Å². The van der Waals surface area contributed by atoms with Crippen LogP contribution in [-0.2, 0) is 20.9 Å². The first-order chi connectivity index (χ1) is 17.6. The number of esters is 1. The summed E-state index contributed by atoms with van der Waals surface area (Å²) >= 11 is 0. The minimum atomic E-state index is -0.965. The number of carbonyl (C=O) groups is 2. The molecule has 1 aliphatic rings. The molecule has 0 bridgehead atoms. The zero-order chi connectivity index (χ0) is 24.9. The molecular formula is C28H28N4O4. The summed E-state index contributed by atoms with van der Waals surface area (Å²) in [6, 6.07) is 18.1. The van der Waals surface area contributed by atoms with Gasteiger partial charge in [-0.3, -0.25) is 4.79 Å². The van der Waals surface area contributed by atoms with Crippen LogP contribution < -0.4 is 10.1 Å². The Morgan fingerprint density at radius 3 is 2.47 bits per heavy atom. The number of anilines is 1. The van der Waals surface area contributed by atoms with Crippen LogP contribution in [0.1, 0.15) is 49.3 Å². The number of benzene rings is 2. The molecular weight excluding hydrogens is 456 g/mol. The summed E-state index contributed by atoms with van der Waals surface area (Å²) in [4.78, 5) is 28.3. The maximum atomic E-state index is 12.1. The van der Waals surface area contributed by atoms with Gasteiger partial charge in [0.05, 0.1) is 19.0 Å². The first-order valence-corrected chi connectivity index (χ1v) is 12.2. The van der Waals surface area contributed by atoms with Gasteiger partial charge in [-0.1, -0.05) is 61.7 Å². The fraction of sp³-hybridized carbons (Fsp3) is 0.286. The van der Waals surface area contributed by atoms with Gasteiger partial charge in [0.2, 0.25) is 0 Å². The Morgan fingerprint density at radius 1 is 1.00 bits per heavy atom. The minimum absolute atomic E-state index is 0.317. The molecule has 5 rings (SSSR count). The van der Waals surface area contributed by atoms with E-state index in [0.717, 1.165) is 53.8 Å². The average Bonchev–Trinajstić information content (AvgIpc) is 3.34. The van der Waals surface area contributed by atoms with E-state index < -0.39 is 11.9 Å². The highest BCUT2D eigenvalue weighted by atomic mass is 16.5. The maximum absolute atomic E-state index is 12.1. The molecule has 36 heavy (non-hydrogen) atoms. The van der Waals surface area contributed by atoms with Crippen LogP contribution in [0.2, 0.25) is 0 Å². The molecule has 0 spiro atoms. The third kappa shape index (κ3) is 4.93. The molecule has 1 aliphatic carbocycles. The number of fused-ring (bicyclic) bond motifs is 1. The van der Waals surface area contributed by atoms with Crippen LogP contribution in [0.25, 0.3) is 16.8 Å². The molecule has 0 unspecified atom stereocenters. The Labute approximate surface area is 209 Å². The van der Waals surface area contributed by atoms with E-state index >= 15 is 0 Å². The summed E-state index contributed by atoms with van der Waals surface area (Å²) in [7, 11) is 1.17. The summed E-state index contributed by atoms with van der Waals surface area (Å²) in [5.41, 5.74) is 5.07. The Hall–Kier alpha value is -4.20. The molecule has 8 heteroatoms. The zero-order valence-electron chi connectivity index (χ0n) is 20.1. The minimum Gasteiger partial charge on any atom is -0.489 e. The topological polar surface area (TPSA) is 94.8 Å². The maximum Gasteiger partial charge on any atom is 0.396 e. The number of amides is 1. The molecule has 0 saturated heterocycles. The first-order valence-electron chi connectivity index (χ1n) is 12.2. The summed E-state index contributed by atoms with van der Waals surface area (Å²) in [6.45, 7) is 0.508. The normalized spacial score (nSPS) is 13.9. The van der Waals surface area contributed by atoms with Gasteiger partial charge in [-0.15, -0.1) is 0 Å². The van der Waals surface area contributed by atoms with E-state index in [-0.39, 0.29) is 0 Å². The van der Waals surface area contributed by atoms with Gasteiger partial charge >= 0.3 is 11.9 Å². The predicted octanol–water partition coefficient (Wildman–Crippen LogP) is 5.13. The van der Waals surface area contributed by atoms with Crippen LogP contribution in [-0.4, -0.2) is 33.6 Å². The second kappa shape index (κ2) is 10.6. The Morgan fingerprint density at radius 2 is 1.75 bits per heavy atom. The van der Waals surface area contributed by atoms with Crippen molar-refractivity contribution in [1.82, 2.24) is 14.6 Å². The van der Waals surface area contributed by atoms with Gasteiger partial charge in [-0.25, -0.2) is 14.3 Å². The lowest BCUT2D eigenvalue weighted by Crippen LogP contribution is -2.23. The molecule has 2 heterocycles. The Bertz CT molecular complexity index is 1360. The monoisotopic (exact) mass is 484 g/mol. The van der Waals surface area contributed by atoms with Crippen molar-refractivity contribution in [2.75, 3.05) is 12.4 Å². The number of hydrogen-bond donors (Lipinski definition) is 1. The Kier molecular flexibility index (Phi) is 6.93. The number of nitrogens with one attached hydrogen (secondary N) is 1. The smallest absolute Gasteiger partial charge is 0.396 e. The second-order valence-corrected chi connectivity index (χ2v) is 8.93. The first kappa shape index (κ1) is 23.5. The molecule has 4 aromatic rings. The molecule has 0 radical (unpaired) electrons. The fourth-order valence-electron chi connectivity index (χ4n) is 4.77.